The van der Waals surface area contributed by atoms with Crippen LogP contribution >= 0.6 is 0 Å². The normalized spacial score (nSPS) is 16.5. The van der Waals surface area contributed by atoms with Crippen LogP contribution in [0.2, 0.25) is 0 Å². The summed E-state index contributed by atoms with van der Waals surface area (Å²) in [7, 11) is 1.57. The van der Waals surface area contributed by atoms with Crippen LogP contribution in [0.1, 0.15) is 36.5 Å². The Morgan fingerprint density at radius 3 is 2.42 bits per heavy atom. The fourth-order valence-corrected chi connectivity index (χ4v) is 4.91. The topological polar surface area (TPSA) is 80.1 Å². The molecule has 3 N–H and O–H groups in total. The molecule has 3 aromatic carbocycles. The second kappa shape index (κ2) is 11.4. The summed E-state index contributed by atoms with van der Waals surface area (Å²) in [6, 6.07) is 20.2. The number of carbonyl (C=O) groups is 1. The first-order valence-electron chi connectivity index (χ1n) is 13.0. The van der Waals surface area contributed by atoms with Gasteiger partial charge in [-0.1, -0.05) is 6.08 Å². The van der Waals surface area contributed by atoms with Gasteiger partial charge in [0.25, 0.3) is 5.91 Å². The molecule has 0 atom stereocenters. The van der Waals surface area contributed by atoms with Crippen LogP contribution in [0.3, 0.4) is 0 Å². The number of ether oxygens (including phenoxy) is 2. The van der Waals surface area contributed by atoms with Gasteiger partial charge in [0.2, 0.25) is 0 Å². The summed E-state index contributed by atoms with van der Waals surface area (Å²) in [4.78, 5) is 17.7. The van der Waals surface area contributed by atoms with Crippen molar-refractivity contribution in [2.75, 3.05) is 42.7 Å². The van der Waals surface area contributed by atoms with Crippen LogP contribution < -0.4 is 25.4 Å². The lowest BCUT2D eigenvalue weighted by Crippen LogP contribution is -2.21. The number of carbonyl (C=O) groups excluding carboxylic acids is 1. The number of allylic oxidation sites excluding steroid dienone is 2. The van der Waals surface area contributed by atoms with Gasteiger partial charge in [-0.2, -0.15) is 0 Å². The van der Waals surface area contributed by atoms with Crippen LogP contribution in [0.4, 0.5) is 17.1 Å². The van der Waals surface area contributed by atoms with Gasteiger partial charge < -0.3 is 25.4 Å². The van der Waals surface area contributed by atoms with E-state index >= 15 is 0 Å². The number of benzene rings is 3. The molecular formula is C31H34N4O3. The van der Waals surface area contributed by atoms with E-state index in [0.29, 0.717) is 34.2 Å². The molecule has 5 rings (SSSR count). The van der Waals surface area contributed by atoms with Gasteiger partial charge in [-0.05, 0) is 99.1 Å². The SMILES string of the molecule is C/C=C1\CC(CN2CCCC2)=CN1c1ccc(C(=O)Nc2ccc(Oc3ccc(N)cc3OC)cc2)cc1. The van der Waals surface area contributed by atoms with Crippen molar-refractivity contribution in [1.29, 1.82) is 0 Å². The number of nitrogen functional groups attached to an aromatic ring is 1. The van der Waals surface area contributed by atoms with Gasteiger partial charge in [0.15, 0.2) is 11.5 Å². The molecule has 7 nitrogen and oxygen atoms in total. The molecule has 0 unspecified atom stereocenters. The molecule has 0 bridgehead atoms. The van der Waals surface area contributed by atoms with Crippen LogP contribution in [0.25, 0.3) is 0 Å². The summed E-state index contributed by atoms with van der Waals surface area (Å²) in [5, 5.41) is 2.96. The lowest BCUT2D eigenvalue weighted by molar-refractivity contribution is 0.102. The molecule has 2 aliphatic rings. The van der Waals surface area contributed by atoms with E-state index in [9.17, 15) is 4.79 Å². The first-order chi connectivity index (χ1) is 18.5. The van der Waals surface area contributed by atoms with Crippen LogP contribution in [0.15, 0.2) is 90.3 Å². The van der Waals surface area contributed by atoms with Gasteiger partial charge in [0.1, 0.15) is 5.75 Å². The zero-order valence-electron chi connectivity index (χ0n) is 21.9. The summed E-state index contributed by atoms with van der Waals surface area (Å²) in [6.45, 7) is 5.50. The monoisotopic (exact) mass is 510 g/mol. The van der Waals surface area contributed by atoms with E-state index in [4.69, 9.17) is 15.2 Å². The zero-order valence-corrected chi connectivity index (χ0v) is 21.9. The minimum absolute atomic E-state index is 0.164. The molecular weight excluding hydrogens is 476 g/mol. The highest BCUT2D eigenvalue weighted by Crippen LogP contribution is 2.34. The Kier molecular flexibility index (Phi) is 7.65. The quantitative estimate of drug-likeness (QED) is 0.341. The predicted molar refractivity (Wildman–Crippen MR) is 153 cm³/mol. The first kappa shape index (κ1) is 25.4. The van der Waals surface area contributed by atoms with Gasteiger partial charge in [-0.15, -0.1) is 0 Å². The molecule has 1 amide bonds. The average molecular weight is 511 g/mol. The number of hydrogen-bond donors (Lipinski definition) is 2. The molecule has 0 aromatic heterocycles. The largest absolute Gasteiger partial charge is 0.493 e. The van der Waals surface area contributed by atoms with Gasteiger partial charge >= 0.3 is 0 Å². The predicted octanol–water partition coefficient (Wildman–Crippen LogP) is 6.42. The molecule has 7 heteroatoms. The smallest absolute Gasteiger partial charge is 0.255 e. The van der Waals surface area contributed by atoms with Gasteiger partial charge in [0.05, 0.1) is 7.11 Å². The summed E-state index contributed by atoms with van der Waals surface area (Å²) in [6.07, 6.45) is 8.00. The van der Waals surface area contributed by atoms with E-state index in [1.807, 2.05) is 24.3 Å². The number of amides is 1. The van der Waals surface area contributed by atoms with Crippen molar-refractivity contribution < 1.29 is 14.3 Å². The van der Waals surface area contributed by atoms with Crippen molar-refractivity contribution in [3.05, 3.63) is 95.8 Å². The number of methoxy groups -OCH3 is 1. The molecule has 2 heterocycles. The highest BCUT2D eigenvalue weighted by Gasteiger charge is 2.22. The van der Waals surface area contributed by atoms with E-state index < -0.39 is 0 Å². The molecule has 1 fully saturated rings. The summed E-state index contributed by atoms with van der Waals surface area (Å²) in [5.41, 5.74) is 11.5. The summed E-state index contributed by atoms with van der Waals surface area (Å²) >= 11 is 0. The van der Waals surface area contributed by atoms with Crippen LogP contribution in [-0.4, -0.2) is 37.6 Å². The second-order valence-corrected chi connectivity index (χ2v) is 9.64. The van der Waals surface area contributed by atoms with Crippen molar-refractivity contribution in [1.82, 2.24) is 4.90 Å². The van der Waals surface area contributed by atoms with E-state index in [2.05, 4.69) is 34.3 Å². The Hall–Kier alpha value is -4.23. The van der Waals surface area contributed by atoms with Gasteiger partial charge in [-0.3, -0.25) is 9.69 Å². The highest BCUT2D eigenvalue weighted by molar-refractivity contribution is 6.04. The minimum atomic E-state index is -0.164. The second-order valence-electron chi connectivity index (χ2n) is 9.64. The van der Waals surface area contributed by atoms with Gasteiger partial charge in [0, 0.05) is 53.6 Å². The molecule has 0 radical (unpaired) electrons. The first-order valence-corrected chi connectivity index (χ1v) is 13.0. The third-order valence-electron chi connectivity index (χ3n) is 6.92. The molecule has 2 aliphatic heterocycles. The number of likely N-dealkylation sites (tertiary alicyclic amines) is 1. The van der Waals surface area contributed by atoms with E-state index in [0.717, 1.165) is 18.7 Å². The maximum atomic E-state index is 12.9. The Labute approximate surface area is 224 Å². The highest BCUT2D eigenvalue weighted by atomic mass is 16.5. The van der Waals surface area contributed by atoms with Crippen LogP contribution in [0, 0.1) is 0 Å². The van der Waals surface area contributed by atoms with Crippen LogP contribution in [0.5, 0.6) is 17.2 Å². The molecule has 3 aromatic rings. The van der Waals surface area contributed by atoms with Crippen molar-refractivity contribution in [3.8, 4) is 17.2 Å². The van der Waals surface area contributed by atoms with Crippen LogP contribution in [-0.2, 0) is 0 Å². The Bertz CT molecular complexity index is 1340. The number of hydrogen-bond acceptors (Lipinski definition) is 6. The maximum Gasteiger partial charge on any atom is 0.255 e. The summed E-state index contributed by atoms with van der Waals surface area (Å²) < 4.78 is 11.3. The standard InChI is InChI=1S/C31H34N4O3/c1-3-26-18-22(20-34-16-4-5-17-34)21-35(26)27-11-6-23(7-12-27)31(36)33-25-9-13-28(14-10-25)38-29-15-8-24(32)19-30(29)37-2/h3,6-15,19,21H,4-5,16-18,20,32H2,1-2H3,(H,33,36)/b26-3+. The maximum absolute atomic E-state index is 12.9. The Morgan fingerprint density at radius 2 is 1.74 bits per heavy atom. The van der Waals surface area contributed by atoms with E-state index in [-0.39, 0.29) is 5.91 Å². The van der Waals surface area contributed by atoms with Crippen molar-refractivity contribution in [2.45, 2.75) is 26.2 Å². The van der Waals surface area contributed by atoms with E-state index in [1.165, 1.54) is 37.2 Å². The molecule has 0 saturated carbocycles. The lowest BCUT2D eigenvalue weighted by Gasteiger charge is -2.18. The van der Waals surface area contributed by atoms with E-state index in [1.54, 1.807) is 49.6 Å². The number of anilines is 3. The van der Waals surface area contributed by atoms with Crippen molar-refractivity contribution >= 4 is 23.0 Å². The fraction of sp³-hybridized carbons (Fsp3) is 0.258. The third-order valence-corrected chi connectivity index (χ3v) is 6.92. The fourth-order valence-electron chi connectivity index (χ4n) is 4.91. The number of nitrogens with two attached hydrogens (primary N) is 1. The minimum Gasteiger partial charge on any atom is -0.493 e. The molecule has 196 valence electrons. The number of nitrogens with zero attached hydrogens (tertiary/aromatic N) is 2. The van der Waals surface area contributed by atoms with Gasteiger partial charge in [-0.25, -0.2) is 0 Å². The summed E-state index contributed by atoms with van der Waals surface area (Å²) in [5.74, 6) is 1.58. The van der Waals surface area contributed by atoms with Crippen molar-refractivity contribution in [2.24, 2.45) is 0 Å². The lowest BCUT2D eigenvalue weighted by atomic mass is 10.1. The molecule has 0 aliphatic carbocycles. The molecule has 1 saturated heterocycles. The average Bonchev–Trinajstić information content (AvgIpc) is 3.61. The Balaban J connectivity index is 1.21. The third kappa shape index (κ3) is 5.84. The zero-order chi connectivity index (χ0) is 26.5. The molecule has 38 heavy (non-hydrogen) atoms. The Morgan fingerprint density at radius 1 is 1.00 bits per heavy atom. The number of nitrogens with one attached hydrogen (secondary N) is 1. The molecule has 0 spiro atoms. The van der Waals surface area contributed by atoms with Crippen molar-refractivity contribution in [3.63, 3.8) is 0 Å². The number of rotatable bonds is 8.